The molecule has 20 heterocycles. The average molecular weight is 1740 g/mol. The molecule has 1 saturated carbocycles. The van der Waals surface area contributed by atoms with Crippen molar-refractivity contribution >= 4 is 0 Å². The molecule has 12 aromatic rings. The Hall–Kier alpha value is -10.2. The number of aromatic nitrogens is 17. The molecule has 12 aromatic heterocycles. The van der Waals surface area contributed by atoms with E-state index in [1.165, 1.54) is 178 Å². The molecule has 5 N–H and O–H groups in total. The summed E-state index contributed by atoms with van der Waals surface area (Å²) >= 11 is 0. The van der Waals surface area contributed by atoms with Crippen molar-refractivity contribution < 1.29 is 0 Å². The van der Waals surface area contributed by atoms with Gasteiger partial charge in [0.25, 0.3) is 0 Å². The predicted octanol–water partition coefficient (Wildman–Crippen LogP) is 18.4. The molecular formula is C104H139N25. The van der Waals surface area contributed by atoms with E-state index in [2.05, 4.69) is 233 Å². The molecule has 25 heteroatoms. The molecule has 1 unspecified atom stereocenters. The molecule has 8 aliphatic heterocycles. The van der Waals surface area contributed by atoms with Crippen LogP contribution < -0.4 is 26.6 Å². The fourth-order valence-corrected chi connectivity index (χ4v) is 22.1. The molecular weight excluding hydrogens is 1600 g/mol. The van der Waals surface area contributed by atoms with Gasteiger partial charge in [0.2, 0.25) is 0 Å². The Kier molecular flexibility index (Phi) is 31.0. The molecule has 0 aromatic carbocycles. The third kappa shape index (κ3) is 22.4. The number of pyridine rings is 7. The van der Waals surface area contributed by atoms with Gasteiger partial charge < -0.3 is 38.4 Å². The number of piperidine rings is 8. The maximum absolute atomic E-state index is 4.89. The summed E-state index contributed by atoms with van der Waals surface area (Å²) in [6.07, 6.45) is 64.5. The van der Waals surface area contributed by atoms with Crippen LogP contribution in [0.3, 0.4) is 0 Å². The Morgan fingerprint density at radius 3 is 1.18 bits per heavy atom. The number of nitrogens with zero attached hydrogens (tertiary/aromatic N) is 20. The topological polar surface area (TPSA) is 249 Å². The van der Waals surface area contributed by atoms with Crippen molar-refractivity contribution in [2.45, 2.75) is 292 Å². The Balaban J connectivity index is 0.000000113. The van der Waals surface area contributed by atoms with Gasteiger partial charge in [-0.25, -0.2) is 24.9 Å². The summed E-state index contributed by atoms with van der Waals surface area (Å²) in [5, 5.41) is 18.3. The largest absolute Gasteiger partial charge is 0.334 e. The first-order valence-electron chi connectivity index (χ1n) is 48.7. The van der Waals surface area contributed by atoms with Crippen molar-refractivity contribution in [2.75, 3.05) is 53.9 Å². The van der Waals surface area contributed by atoms with Crippen molar-refractivity contribution in [1.82, 2.24) is 124 Å². The van der Waals surface area contributed by atoms with Gasteiger partial charge in [0.15, 0.2) is 0 Å². The van der Waals surface area contributed by atoms with E-state index in [9.17, 15) is 0 Å². The molecule has 8 saturated heterocycles. The van der Waals surface area contributed by atoms with Crippen molar-refractivity contribution in [3.8, 4) is 0 Å². The van der Waals surface area contributed by atoms with Gasteiger partial charge in [0.1, 0.15) is 29.1 Å². The Morgan fingerprint density at radius 2 is 0.705 bits per heavy atom. The van der Waals surface area contributed by atoms with Gasteiger partial charge in [-0.1, -0.05) is 42.5 Å². The van der Waals surface area contributed by atoms with Gasteiger partial charge in [0, 0.05) is 166 Å². The number of rotatable bonds is 20. The number of likely N-dealkylation sites (tertiary alicyclic amines) is 3. The van der Waals surface area contributed by atoms with Crippen molar-refractivity contribution in [1.29, 1.82) is 0 Å². The summed E-state index contributed by atoms with van der Waals surface area (Å²) in [5.41, 5.74) is 13.8. The minimum Gasteiger partial charge on any atom is -0.334 e. The maximum Gasteiger partial charge on any atom is 0.126 e. The van der Waals surface area contributed by atoms with Crippen LogP contribution in [0.1, 0.15) is 324 Å². The van der Waals surface area contributed by atoms with Crippen LogP contribution in [-0.4, -0.2) is 157 Å². The SMILES string of the molecule is Cc1cccnc1[C@@H]1CCC[C@H](c2nccn2C2CCN(C)C3(CC3)C2)N1C.Cc1cccnc1[C@@H]1CCC[C@H](c2nccn2C2CCNCC2)N1C.Cc1cccnc1[C@@H]1CCC[C@H](c2nccn2CCCc2ccccn2)N1.Cc1cccnc1[C@@H]1CCC[C@H](c2nccn2CCc2ccccn2)N1.c1ccc([C@@H]2CCC[C@H](c3nccn3C3CCNCC3)N2)nc1. The number of hydrogen-bond donors (Lipinski definition) is 5. The fraction of sp³-hybridized carbons (Fsp3) is 0.519. The molecule has 9 aliphatic rings. The van der Waals surface area contributed by atoms with Crippen LogP contribution in [0.5, 0.6) is 0 Å². The highest BCUT2D eigenvalue weighted by Crippen LogP contribution is 2.52. The zero-order valence-electron chi connectivity index (χ0n) is 77.4. The minimum absolute atomic E-state index is 0.272. The van der Waals surface area contributed by atoms with Gasteiger partial charge >= 0.3 is 0 Å². The van der Waals surface area contributed by atoms with E-state index in [0.717, 1.165) is 126 Å². The summed E-state index contributed by atoms with van der Waals surface area (Å²) in [6, 6.07) is 40.2. The summed E-state index contributed by atoms with van der Waals surface area (Å²) < 4.78 is 12.0. The van der Waals surface area contributed by atoms with Crippen molar-refractivity contribution in [3.63, 3.8) is 0 Å². The van der Waals surface area contributed by atoms with Crippen LogP contribution >= 0.6 is 0 Å². The van der Waals surface area contributed by atoms with Gasteiger partial charge in [-0.3, -0.25) is 60.6 Å². The van der Waals surface area contributed by atoms with Crippen LogP contribution in [0.25, 0.3) is 0 Å². The molecule has 1 aliphatic carbocycles. The highest BCUT2D eigenvalue weighted by atomic mass is 15.3. The Labute approximate surface area is 764 Å². The summed E-state index contributed by atoms with van der Waals surface area (Å²) in [7, 11) is 6.84. The quantitative estimate of drug-likeness (QED) is 0.0476. The first-order chi connectivity index (χ1) is 63.4. The van der Waals surface area contributed by atoms with E-state index in [1.54, 1.807) is 0 Å². The van der Waals surface area contributed by atoms with Gasteiger partial charge in [-0.2, -0.15) is 0 Å². The third-order valence-electron chi connectivity index (χ3n) is 29.4. The van der Waals surface area contributed by atoms with Gasteiger partial charge in [-0.05, 0) is 318 Å². The lowest BCUT2D eigenvalue weighted by molar-refractivity contribution is 0.0921. The number of nitrogens with one attached hydrogen (secondary N) is 5. The van der Waals surface area contributed by atoms with Crippen LogP contribution in [0.2, 0.25) is 0 Å². The van der Waals surface area contributed by atoms with E-state index < -0.39 is 0 Å². The fourth-order valence-electron chi connectivity index (χ4n) is 22.1. The van der Waals surface area contributed by atoms with E-state index in [4.69, 9.17) is 24.9 Å². The first kappa shape index (κ1) is 90.7. The molecule has 0 bridgehead atoms. The Morgan fingerprint density at radius 1 is 0.318 bits per heavy atom. The Bertz CT molecular complexity index is 5390. The average Bonchev–Trinajstić information content (AvgIpc) is 1.60. The van der Waals surface area contributed by atoms with Crippen molar-refractivity contribution in [2.24, 2.45) is 0 Å². The normalized spacial score (nSPS) is 24.6. The molecule has 21 rings (SSSR count). The molecule has 680 valence electrons. The summed E-state index contributed by atoms with van der Waals surface area (Å²) in [5.74, 6) is 5.99. The van der Waals surface area contributed by atoms with E-state index in [1.807, 2.05) is 123 Å². The van der Waals surface area contributed by atoms with Crippen LogP contribution in [0.4, 0.5) is 0 Å². The van der Waals surface area contributed by atoms with E-state index >= 15 is 0 Å². The first-order valence-corrected chi connectivity index (χ1v) is 48.7. The zero-order chi connectivity index (χ0) is 88.3. The zero-order valence-corrected chi connectivity index (χ0v) is 77.4. The predicted molar refractivity (Wildman–Crippen MR) is 509 cm³/mol. The number of aryl methyl sites for hydroxylation is 8. The molecule has 129 heavy (non-hydrogen) atoms. The molecule has 0 radical (unpaired) electrons. The number of hydrogen-bond acceptors (Lipinski definition) is 20. The summed E-state index contributed by atoms with van der Waals surface area (Å²) in [4.78, 5) is 63.5. The molecule has 11 atom stereocenters. The van der Waals surface area contributed by atoms with Crippen LogP contribution in [0, 0.1) is 27.7 Å². The minimum atomic E-state index is 0.272. The smallest absolute Gasteiger partial charge is 0.126 e. The highest BCUT2D eigenvalue weighted by molar-refractivity contribution is 5.28. The molecule has 25 nitrogen and oxygen atoms in total. The highest BCUT2D eigenvalue weighted by Gasteiger charge is 2.51. The van der Waals surface area contributed by atoms with Gasteiger partial charge in [0.05, 0.1) is 88.9 Å². The lowest BCUT2D eigenvalue weighted by Gasteiger charge is -2.42. The van der Waals surface area contributed by atoms with Crippen LogP contribution in [0.15, 0.2) is 208 Å². The maximum atomic E-state index is 4.89. The van der Waals surface area contributed by atoms with E-state index in [-0.39, 0.29) is 12.1 Å². The monoisotopic (exact) mass is 1740 g/mol. The van der Waals surface area contributed by atoms with Gasteiger partial charge in [-0.15, -0.1) is 0 Å². The molecule has 9 fully saturated rings. The number of imidazole rings is 5. The van der Waals surface area contributed by atoms with Crippen molar-refractivity contribution in [3.05, 3.63) is 300 Å². The second-order valence-electron chi connectivity index (χ2n) is 37.7. The standard InChI is InChI=1S/C23H33N5.C22H27N5.C21H25N5.C20H29N5.C18H25N5/c1-17-6-5-12-24-21(17)19-7-4-8-20(27(19)3)22-25-13-15-28(22)18-9-14-26(2)23(16-18)10-11-23;1-17-7-5-13-24-21(17)19-10-4-11-20(26-19)22-25-14-16-27(22)15-6-9-18-8-2-3-12-23-18;1-16-6-5-12-23-20(16)18-8-4-9-19(25-18)21-24-13-15-26(21)14-10-17-7-2-3-11-22-17;1-15-5-4-10-22-19(15)17-6-3-7-18(24(17)2)20-23-13-14-25(20)16-8-11-21-12-9-16;1-2-9-20-15(4-1)16-5-3-6-17(22-16)18-21-12-13-23(18)14-7-10-19-11-8-14/h5-6,12-13,15,18-20H,4,7-11,14,16H2,1-3H3;2-3,5,7-8,12-14,16,19-20,26H,4,6,9-11,15H2,1H3;2-3,5-7,11-13,15,18-19,25H,4,8-10,14H2,1H3;4-5,10,13-14,16-18,21H,3,6-9,11-12H2,1-2H3;1-2,4,9,12-14,16-17,19,22H,3,5-8,10-11H2/t18?,19-,20+;19-,20+;18-,19+;17-,18+;16-,17+/m00000/s1. The second kappa shape index (κ2) is 44.1. The van der Waals surface area contributed by atoms with Crippen LogP contribution in [-0.2, 0) is 25.9 Å². The second-order valence-corrected chi connectivity index (χ2v) is 37.7. The lowest BCUT2D eigenvalue weighted by atomic mass is 9.91. The lowest BCUT2D eigenvalue weighted by Crippen LogP contribution is -2.43. The van der Waals surface area contributed by atoms with E-state index in [0.29, 0.717) is 72.0 Å². The summed E-state index contributed by atoms with van der Waals surface area (Å²) in [6.45, 7) is 16.2. The molecule has 0 amide bonds. The third-order valence-corrected chi connectivity index (χ3v) is 29.4. The molecule has 1 spiro atoms.